The Morgan fingerprint density at radius 2 is 2.56 bits per heavy atom. The summed E-state index contributed by atoms with van der Waals surface area (Å²) in [6.07, 6.45) is 8.54. The lowest BCUT2D eigenvalue weighted by atomic mass is 10.0. The van der Waals surface area contributed by atoms with E-state index < -0.39 is 0 Å². The average Bonchev–Trinajstić information content (AvgIpc) is 1.88. The smallest absolute Gasteiger partial charge is 0.0264 e. The lowest BCUT2D eigenvalue weighted by Gasteiger charge is -2.09. The van der Waals surface area contributed by atoms with Gasteiger partial charge in [-0.1, -0.05) is 30.7 Å². The Morgan fingerprint density at radius 3 is 3.00 bits per heavy atom. The van der Waals surface area contributed by atoms with Crippen LogP contribution in [0.25, 0.3) is 0 Å². The molecule has 9 heavy (non-hydrogen) atoms. The molecule has 1 aliphatic rings. The molecule has 0 saturated heterocycles. The summed E-state index contributed by atoms with van der Waals surface area (Å²) in [5.41, 5.74) is 7.04. The molecule has 0 aromatic rings. The number of rotatable bonds is 1. The fourth-order valence-corrected chi connectivity index (χ4v) is 1.01. The number of allylic oxidation sites excluding steroid dienone is 2. The van der Waals surface area contributed by atoms with Gasteiger partial charge in [0.1, 0.15) is 0 Å². The van der Waals surface area contributed by atoms with E-state index in [1.807, 2.05) is 0 Å². The largest absolute Gasteiger partial charge is 0.324 e. The van der Waals surface area contributed by atoms with Crippen molar-refractivity contribution in [2.45, 2.75) is 25.8 Å². The number of hydrogen-bond donors (Lipinski definition) is 1. The monoisotopic (exact) mass is 123 g/mol. The maximum absolute atomic E-state index is 5.67. The first-order chi connectivity index (χ1) is 4.33. The van der Waals surface area contributed by atoms with E-state index in [1.54, 1.807) is 0 Å². The van der Waals surface area contributed by atoms with E-state index in [-0.39, 0.29) is 6.04 Å². The fraction of sp³-hybridized carbons (Fsp3) is 0.500. The third kappa shape index (κ3) is 1.68. The van der Waals surface area contributed by atoms with E-state index in [4.69, 9.17) is 5.73 Å². The van der Waals surface area contributed by atoms with Gasteiger partial charge in [0, 0.05) is 6.04 Å². The van der Waals surface area contributed by atoms with Crippen LogP contribution in [0.5, 0.6) is 0 Å². The predicted octanol–water partition coefficient (Wildman–Crippen LogP) is 1.61. The van der Waals surface area contributed by atoms with Gasteiger partial charge >= 0.3 is 0 Å². The molecule has 0 bridgehead atoms. The van der Waals surface area contributed by atoms with Gasteiger partial charge in [-0.3, -0.25) is 0 Å². The molecular formula is C8H13N. The zero-order valence-electron chi connectivity index (χ0n) is 5.80. The van der Waals surface area contributed by atoms with Crippen molar-refractivity contribution in [1.82, 2.24) is 0 Å². The normalized spacial score (nSPS) is 26.0. The average molecular weight is 123 g/mol. The van der Waals surface area contributed by atoms with Crippen LogP contribution in [-0.2, 0) is 0 Å². The Balaban J connectivity index is 2.59. The third-order valence-corrected chi connectivity index (χ3v) is 1.58. The van der Waals surface area contributed by atoms with Gasteiger partial charge in [0.25, 0.3) is 0 Å². The van der Waals surface area contributed by atoms with Crippen molar-refractivity contribution in [3.63, 3.8) is 0 Å². The predicted molar refractivity (Wildman–Crippen MR) is 40.1 cm³/mol. The van der Waals surface area contributed by atoms with E-state index in [9.17, 15) is 0 Å². The number of nitrogens with two attached hydrogens (primary N) is 1. The Bertz CT molecular complexity index is 145. The molecule has 0 spiro atoms. The lowest BCUT2D eigenvalue weighted by molar-refractivity contribution is 0.809. The molecule has 1 aliphatic carbocycles. The van der Waals surface area contributed by atoms with Gasteiger partial charge < -0.3 is 5.73 Å². The summed E-state index contributed by atoms with van der Waals surface area (Å²) < 4.78 is 0. The van der Waals surface area contributed by atoms with Crippen molar-refractivity contribution in [3.8, 4) is 0 Å². The summed E-state index contributed by atoms with van der Waals surface area (Å²) in [5, 5.41) is 0. The summed E-state index contributed by atoms with van der Waals surface area (Å²) in [6, 6.07) is 0.268. The van der Waals surface area contributed by atoms with Gasteiger partial charge in [-0.25, -0.2) is 0 Å². The summed E-state index contributed by atoms with van der Waals surface area (Å²) >= 11 is 0. The van der Waals surface area contributed by atoms with Crippen LogP contribution in [-0.4, -0.2) is 6.04 Å². The van der Waals surface area contributed by atoms with Crippen LogP contribution in [0.15, 0.2) is 23.8 Å². The SMILES string of the molecule is CCC1=CC(N)CC=C1. The van der Waals surface area contributed by atoms with E-state index in [0.29, 0.717) is 0 Å². The van der Waals surface area contributed by atoms with Gasteiger partial charge in [-0.2, -0.15) is 0 Å². The highest BCUT2D eigenvalue weighted by atomic mass is 14.6. The van der Waals surface area contributed by atoms with Crippen molar-refractivity contribution < 1.29 is 0 Å². The molecule has 2 N–H and O–H groups in total. The zero-order valence-corrected chi connectivity index (χ0v) is 5.80. The first kappa shape index (κ1) is 6.56. The Kier molecular flexibility index (Phi) is 2.06. The van der Waals surface area contributed by atoms with Crippen molar-refractivity contribution in [3.05, 3.63) is 23.8 Å². The van der Waals surface area contributed by atoms with Gasteiger partial charge in [-0.05, 0) is 12.8 Å². The summed E-state index contributed by atoms with van der Waals surface area (Å²) in [6.45, 7) is 2.15. The van der Waals surface area contributed by atoms with Gasteiger partial charge in [0.2, 0.25) is 0 Å². The third-order valence-electron chi connectivity index (χ3n) is 1.58. The first-order valence-electron chi connectivity index (χ1n) is 3.45. The summed E-state index contributed by atoms with van der Waals surface area (Å²) in [4.78, 5) is 0. The molecule has 0 fully saturated rings. The van der Waals surface area contributed by atoms with Crippen LogP contribution in [0, 0.1) is 0 Å². The van der Waals surface area contributed by atoms with Crippen molar-refractivity contribution in [1.29, 1.82) is 0 Å². The highest BCUT2D eigenvalue weighted by molar-refractivity contribution is 5.24. The van der Waals surface area contributed by atoms with Gasteiger partial charge in [0.05, 0.1) is 0 Å². The van der Waals surface area contributed by atoms with Gasteiger partial charge in [0.15, 0.2) is 0 Å². The Labute approximate surface area is 56.2 Å². The molecule has 0 saturated carbocycles. The van der Waals surface area contributed by atoms with Crippen LogP contribution in [0.2, 0.25) is 0 Å². The molecule has 0 amide bonds. The molecular weight excluding hydrogens is 110 g/mol. The lowest BCUT2D eigenvalue weighted by Crippen LogP contribution is -2.17. The van der Waals surface area contributed by atoms with Crippen molar-refractivity contribution >= 4 is 0 Å². The van der Waals surface area contributed by atoms with Crippen LogP contribution in [0.1, 0.15) is 19.8 Å². The molecule has 50 valence electrons. The molecule has 0 heterocycles. The molecule has 1 heteroatoms. The fourth-order valence-electron chi connectivity index (χ4n) is 1.01. The zero-order chi connectivity index (χ0) is 6.69. The standard InChI is InChI=1S/C8H13N/c1-2-7-4-3-5-8(9)6-7/h3-4,6,8H,2,5,9H2,1H3. The van der Waals surface area contributed by atoms with Crippen LogP contribution < -0.4 is 5.73 Å². The highest BCUT2D eigenvalue weighted by Gasteiger charge is 2.00. The maximum atomic E-state index is 5.67. The highest BCUT2D eigenvalue weighted by Crippen LogP contribution is 2.10. The van der Waals surface area contributed by atoms with Crippen molar-refractivity contribution in [2.75, 3.05) is 0 Å². The van der Waals surface area contributed by atoms with E-state index in [0.717, 1.165) is 12.8 Å². The molecule has 1 unspecified atom stereocenters. The van der Waals surface area contributed by atoms with Crippen molar-refractivity contribution in [2.24, 2.45) is 5.73 Å². The molecule has 0 aliphatic heterocycles. The van der Waals surface area contributed by atoms with Crippen LogP contribution in [0.3, 0.4) is 0 Å². The second-order valence-electron chi connectivity index (χ2n) is 2.40. The molecule has 0 aromatic carbocycles. The molecule has 1 rings (SSSR count). The molecule has 0 aromatic heterocycles. The van der Waals surface area contributed by atoms with E-state index >= 15 is 0 Å². The summed E-state index contributed by atoms with van der Waals surface area (Å²) in [7, 11) is 0. The number of hydrogen-bond acceptors (Lipinski definition) is 1. The second-order valence-corrected chi connectivity index (χ2v) is 2.40. The first-order valence-corrected chi connectivity index (χ1v) is 3.45. The quantitative estimate of drug-likeness (QED) is 0.563. The Hall–Kier alpha value is -0.560. The van der Waals surface area contributed by atoms with E-state index in [1.165, 1.54) is 5.57 Å². The minimum Gasteiger partial charge on any atom is -0.324 e. The molecule has 1 nitrogen and oxygen atoms in total. The second kappa shape index (κ2) is 2.83. The van der Waals surface area contributed by atoms with E-state index in [2.05, 4.69) is 25.2 Å². The van der Waals surface area contributed by atoms with Crippen LogP contribution >= 0.6 is 0 Å². The Morgan fingerprint density at radius 1 is 1.78 bits per heavy atom. The summed E-state index contributed by atoms with van der Waals surface area (Å²) in [5.74, 6) is 0. The van der Waals surface area contributed by atoms with Crippen LogP contribution in [0.4, 0.5) is 0 Å². The van der Waals surface area contributed by atoms with Gasteiger partial charge in [-0.15, -0.1) is 0 Å². The topological polar surface area (TPSA) is 26.0 Å². The molecule has 1 atom stereocenters. The maximum Gasteiger partial charge on any atom is 0.0264 e. The molecule has 0 radical (unpaired) electrons. The minimum atomic E-state index is 0.268. The minimum absolute atomic E-state index is 0.268.